The summed E-state index contributed by atoms with van der Waals surface area (Å²) in [5.41, 5.74) is 4.05. The number of rotatable bonds is 9. The third-order valence-corrected chi connectivity index (χ3v) is 3.87. The van der Waals surface area contributed by atoms with Crippen molar-refractivity contribution in [2.75, 3.05) is 25.2 Å². The van der Waals surface area contributed by atoms with Crippen molar-refractivity contribution >= 4 is 23.8 Å². The Labute approximate surface area is 162 Å². The van der Waals surface area contributed by atoms with Crippen LogP contribution in [0.3, 0.4) is 0 Å². The van der Waals surface area contributed by atoms with Gasteiger partial charge in [-0.25, -0.2) is 10.4 Å². The van der Waals surface area contributed by atoms with Gasteiger partial charge >= 0.3 is 0 Å². The molecule has 27 heavy (non-hydrogen) atoms. The van der Waals surface area contributed by atoms with Gasteiger partial charge in [0.15, 0.2) is 11.5 Å². The van der Waals surface area contributed by atoms with Gasteiger partial charge in [-0.05, 0) is 38.5 Å². The molecule has 0 radical (unpaired) electrons. The van der Waals surface area contributed by atoms with Crippen molar-refractivity contribution in [3.05, 3.63) is 44.3 Å². The molecule has 0 amide bonds. The molecule has 0 aliphatic heterocycles. The lowest BCUT2D eigenvalue weighted by molar-refractivity contribution is 0.288. The SMILES string of the molecule is CCOc1cc(/C=N\Nc2nc(C)c(CCO)c(=O)[nH]2)cc(Cl)c1OCC. The van der Waals surface area contributed by atoms with E-state index in [0.717, 1.165) is 0 Å². The van der Waals surface area contributed by atoms with Crippen molar-refractivity contribution in [2.24, 2.45) is 5.10 Å². The topological polar surface area (TPSA) is 109 Å². The summed E-state index contributed by atoms with van der Waals surface area (Å²) in [6, 6.07) is 3.46. The highest BCUT2D eigenvalue weighted by atomic mass is 35.5. The zero-order valence-corrected chi connectivity index (χ0v) is 16.3. The van der Waals surface area contributed by atoms with Crippen LogP contribution < -0.4 is 20.5 Å². The molecule has 2 aromatic rings. The van der Waals surface area contributed by atoms with Gasteiger partial charge in [-0.1, -0.05) is 11.6 Å². The Morgan fingerprint density at radius 3 is 2.70 bits per heavy atom. The summed E-state index contributed by atoms with van der Waals surface area (Å²) in [4.78, 5) is 18.8. The quantitative estimate of drug-likeness (QED) is 0.445. The molecular weight excluding hydrogens is 372 g/mol. The number of benzene rings is 1. The predicted octanol–water partition coefficient (Wildman–Crippen LogP) is 2.51. The minimum absolute atomic E-state index is 0.114. The number of H-pyrrole nitrogens is 1. The monoisotopic (exact) mass is 394 g/mol. The largest absolute Gasteiger partial charge is 0.490 e. The van der Waals surface area contributed by atoms with E-state index in [4.69, 9.17) is 26.2 Å². The smallest absolute Gasteiger partial charge is 0.255 e. The van der Waals surface area contributed by atoms with E-state index in [1.165, 1.54) is 6.21 Å². The fourth-order valence-corrected chi connectivity index (χ4v) is 2.72. The van der Waals surface area contributed by atoms with Crippen LogP contribution in [0.1, 0.15) is 30.7 Å². The molecule has 0 spiro atoms. The van der Waals surface area contributed by atoms with Crippen LogP contribution in [0.5, 0.6) is 11.5 Å². The normalized spacial score (nSPS) is 11.0. The Hall–Kier alpha value is -2.58. The molecule has 0 saturated carbocycles. The average molecular weight is 395 g/mol. The van der Waals surface area contributed by atoms with Crippen molar-refractivity contribution in [3.8, 4) is 11.5 Å². The summed E-state index contributed by atoms with van der Waals surface area (Å²) in [6.45, 7) is 6.27. The number of nitrogens with one attached hydrogen (secondary N) is 2. The molecule has 146 valence electrons. The van der Waals surface area contributed by atoms with Crippen molar-refractivity contribution < 1.29 is 14.6 Å². The maximum absolute atomic E-state index is 12.0. The average Bonchev–Trinajstić information content (AvgIpc) is 2.61. The van der Waals surface area contributed by atoms with E-state index in [1.807, 2.05) is 13.8 Å². The number of hydrogen-bond donors (Lipinski definition) is 3. The van der Waals surface area contributed by atoms with Gasteiger partial charge in [-0.15, -0.1) is 0 Å². The van der Waals surface area contributed by atoms with E-state index in [-0.39, 0.29) is 24.5 Å². The van der Waals surface area contributed by atoms with Crippen molar-refractivity contribution in [1.82, 2.24) is 9.97 Å². The van der Waals surface area contributed by atoms with Gasteiger partial charge in [0.25, 0.3) is 5.56 Å². The molecule has 0 saturated heterocycles. The highest BCUT2D eigenvalue weighted by Crippen LogP contribution is 2.36. The van der Waals surface area contributed by atoms with E-state index in [9.17, 15) is 4.79 Å². The fraction of sp³-hybridized carbons (Fsp3) is 0.389. The standard InChI is InChI=1S/C18H23ClN4O4/c1-4-26-15-9-12(8-14(19)16(15)27-5-2)10-20-23-18-21-11(3)13(6-7-24)17(25)22-18/h8-10,24H,4-7H2,1-3H3,(H2,21,22,23,25)/b20-10-. The minimum atomic E-state index is -0.308. The molecule has 1 aromatic heterocycles. The number of hydrazone groups is 1. The summed E-state index contributed by atoms with van der Waals surface area (Å²) in [6.07, 6.45) is 1.78. The first-order valence-corrected chi connectivity index (χ1v) is 8.96. The first-order chi connectivity index (χ1) is 13.0. The predicted molar refractivity (Wildman–Crippen MR) is 105 cm³/mol. The first-order valence-electron chi connectivity index (χ1n) is 8.59. The van der Waals surface area contributed by atoms with E-state index >= 15 is 0 Å². The summed E-state index contributed by atoms with van der Waals surface area (Å²) in [5, 5.41) is 13.5. The number of hydrogen-bond acceptors (Lipinski definition) is 7. The number of nitrogens with zero attached hydrogens (tertiary/aromatic N) is 2. The van der Waals surface area contributed by atoms with Gasteiger partial charge in [0, 0.05) is 18.6 Å². The van der Waals surface area contributed by atoms with Crippen LogP contribution in [0, 0.1) is 6.92 Å². The number of ether oxygens (including phenoxy) is 2. The number of aliphatic hydroxyl groups is 1. The lowest BCUT2D eigenvalue weighted by Gasteiger charge is -2.13. The first kappa shape index (κ1) is 20.7. The number of aromatic nitrogens is 2. The lowest BCUT2D eigenvalue weighted by atomic mass is 10.2. The Balaban J connectivity index is 2.20. The Morgan fingerprint density at radius 2 is 2.07 bits per heavy atom. The Bertz CT molecular complexity index is 867. The molecule has 1 heterocycles. The van der Waals surface area contributed by atoms with Gasteiger partial charge in [0.2, 0.25) is 5.95 Å². The van der Waals surface area contributed by atoms with Crippen LogP contribution in [-0.4, -0.2) is 41.1 Å². The van der Waals surface area contributed by atoms with Crippen molar-refractivity contribution in [1.29, 1.82) is 0 Å². The Kier molecular flexibility index (Phi) is 7.63. The second kappa shape index (κ2) is 9.94. The molecule has 3 N–H and O–H groups in total. The molecule has 0 aliphatic carbocycles. The molecule has 2 rings (SSSR count). The number of anilines is 1. The molecule has 8 nitrogen and oxygen atoms in total. The number of halogens is 1. The zero-order valence-electron chi connectivity index (χ0n) is 15.5. The zero-order chi connectivity index (χ0) is 19.8. The van der Waals surface area contributed by atoms with Crippen LogP contribution >= 0.6 is 11.6 Å². The van der Waals surface area contributed by atoms with Crippen LogP contribution in [0.4, 0.5) is 5.95 Å². The number of aromatic amines is 1. The minimum Gasteiger partial charge on any atom is -0.490 e. The maximum Gasteiger partial charge on any atom is 0.255 e. The van der Waals surface area contributed by atoms with Crippen molar-refractivity contribution in [2.45, 2.75) is 27.2 Å². The van der Waals surface area contributed by atoms with E-state index in [2.05, 4.69) is 20.5 Å². The molecule has 0 atom stereocenters. The maximum atomic E-state index is 12.0. The molecule has 0 fully saturated rings. The highest BCUT2D eigenvalue weighted by molar-refractivity contribution is 6.32. The van der Waals surface area contributed by atoms with Crippen LogP contribution in [0.2, 0.25) is 5.02 Å². The summed E-state index contributed by atoms with van der Waals surface area (Å²) < 4.78 is 11.1. The van der Waals surface area contributed by atoms with Crippen LogP contribution in [-0.2, 0) is 6.42 Å². The van der Waals surface area contributed by atoms with Gasteiger partial charge < -0.3 is 14.6 Å². The van der Waals surface area contributed by atoms with Gasteiger partial charge in [0.1, 0.15) is 0 Å². The van der Waals surface area contributed by atoms with E-state index in [1.54, 1.807) is 19.1 Å². The van der Waals surface area contributed by atoms with Gasteiger partial charge in [0.05, 0.1) is 30.1 Å². The highest BCUT2D eigenvalue weighted by Gasteiger charge is 2.12. The van der Waals surface area contributed by atoms with Gasteiger partial charge in [-0.2, -0.15) is 5.10 Å². The molecule has 0 bridgehead atoms. The number of aliphatic hydroxyl groups excluding tert-OH is 1. The third-order valence-electron chi connectivity index (χ3n) is 3.59. The number of aryl methyl sites for hydroxylation is 1. The summed E-state index contributed by atoms with van der Waals surface area (Å²) in [5.74, 6) is 1.23. The molecule has 0 aliphatic rings. The molecular formula is C18H23ClN4O4. The molecule has 1 aromatic carbocycles. The fourth-order valence-electron chi connectivity index (χ4n) is 2.45. The second-order valence-electron chi connectivity index (χ2n) is 5.52. The van der Waals surface area contributed by atoms with Crippen molar-refractivity contribution in [3.63, 3.8) is 0 Å². The molecule has 0 unspecified atom stereocenters. The molecule has 9 heteroatoms. The van der Waals surface area contributed by atoms with E-state index in [0.29, 0.717) is 46.6 Å². The lowest BCUT2D eigenvalue weighted by Crippen LogP contribution is -2.19. The second-order valence-corrected chi connectivity index (χ2v) is 5.93. The third kappa shape index (κ3) is 5.45. The Morgan fingerprint density at radius 1 is 1.33 bits per heavy atom. The van der Waals surface area contributed by atoms with Crippen LogP contribution in [0.15, 0.2) is 22.0 Å². The van der Waals surface area contributed by atoms with Gasteiger partial charge in [-0.3, -0.25) is 9.78 Å². The summed E-state index contributed by atoms with van der Waals surface area (Å²) in [7, 11) is 0. The van der Waals surface area contributed by atoms with Crippen LogP contribution in [0.25, 0.3) is 0 Å². The van der Waals surface area contributed by atoms with E-state index < -0.39 is 0 Å². The summed E-state index contributed by atoms with van der Waals surface area (Å²) >= 11 is 6.27.